The first kappa shape index (κ1) is 24.7. The average Bonchev–Trinajstić information content (AvgIpc) is 2.83. The zero-order valence-corrected chi connectivity index (χ0v) is 19.1. The molecule has 0 saturated heterocycles. The molecule has 0 fully saturated rings. The Labute approximate surface area is 196 Å². The van der Waals surface area contributed by atoms with Crippen molar-refractivity contribution in [1.29, 1.82) is 0 Å². The van der Waals surface area contributed by atoms with Gasteiger partial charge in [0.25, 0.3) is 10.0 Å². The van der Waals surface area contributed by atoms with Crippen LogP contribution >= 0.6 is 0 Å². The van der Waals surface area contributed by atoms with E-state index in [-0.39, 0.29) is 27.6 Å². The van der Waals surface area contributed by atoms with Crippen LogP contribution in [0.1, 0.15) is 5.56 Å². The molecular formula is C24H22F2N2O5S. The third kappa shape index (κ3) is 5.90. The molecule has 10 heteroatoms. The van der Waals surface area contributed by atoms with E-state index in [1.807, 2.05) is 0 Å². The third-order valence-electron chi connectivity index (χ3n) is 4.73. The van der Waals surface area contributed by atoms with E-state index in [9.17, 15) is 22.0 Å². The number of benzene rings is 3. The van der Waals surface area contributed by atoms with Crippen LogP contribution in [0.3, 0.4) is 0 Å². The van der Waals surface area contributed by atoms with E-state index in [1.165, 1.54) is 56.6 Å². The van der Waals surface area contributed by atoms with Gasteiger partial charge in [0, 0.05) is 24.4 Å². The molecule has 0 unspecified atom stereocenters. The van der Waals surface area contributed by atoms with E-state index in [2.05, 4.69) is 10.1 Å². The molecule has 178 valence electrons. The molecule has 0 spiro atoms. The molecule has 0 aromatic heterocycles. The smallest absolute Gasteiger partial charge is 0.387 e. The molecule has 0 aliphatic carbocycles. The van der Waals surface area contributed by atoms with Gasteiger partial charge in [-0.15, -0.1) is 0 Å². The first-order valence-corrected chi connectivity index (χ1v) is 11.4. The maximum atomic E-state index is 13.0. The first-order valence-electron chi connectivity index (χ1n) is 9.97. The second-order valence-corrected chi connectivity index (χ2v) is 8.88. The van der Waals surface area contributed by atoms with Gasteiger partial charge >= 0.3 is 6.61 Å². The van der Waals surface area contributed by atoms with E-state index < -0.39 is 22.5 Å². The molecule has 1 amide bonds. The Balaban J connectivity index is 1.78. The van der Waals surface area contributed by atoms with Gasteiger partial charge in [-0.25, -0.2) is 8.42 Å². The van der Waals surface area contributed by atoms with E-state index in [0.717, 1.165) is 10.4 Å². The lowest BCUT2D eigenvalue weighted by Gasteiger charge is -2.19. The van der Waals surface area contributed by atoms with Crippen LogP contribution in [-0.2, 0) is 14.8 Å². The number of methoxy groups -OCH3 is 1. The SMILES string of the molecule is COc1cccc(/C=C/C(=O)Nc2cccc(S(=O)(=O)N(C)c3ccccc3)c2)c1OC(F)F. The number of para-hydroxylation sites is 2. The predicted octanol–water partition coefficient (Wildman–Crippen LogP) is 4.77. The Morgan fingerprint density at radius 1 is 1.03 bits per heavy atom. The van der Waals surface area contributed by atoms with Crippen LogP contribution in [-0.4, -0.2) is 35.1 Å². The van der Waals surface area contributed by atoms with Gasteiger partial charge in [-0.2, -0.15) is 8.78 Å². The van der Waals surface area contributed by atoms with Crippen LogP contribution in [0.5, 0.6) is 11.5 Å². The molecule has 3 aromatic carbocycles. The molecule has 0 bridgehead atoms. The topological polar surface area (TPSA) is 84.9 Å². The molecule has 0 heterocycles. The van der Waals surface area contributed by atoms with Crippen molar-refractivity contribution in [3.8, 4) is 11.5 Å². The number of hydrogen-bond acceptors (Lipinski definition) is 5. The van der Waals surface area contributed by atoms with Gasteiger partial charge in [0.1, 0.15) is 0 Å². The predicted molar refractivity (Wildman–Crippen MR) is 126 cm³/mol. The molecule has 1 N–H and O–H groups in total. The Kier molecular flexibility index (Phi) is 7.85. The van der Waals surface area contributed by atoms with Crippen molar-refractivity contribution in [2.45, 2.75) is 11.5 Å². The Hall–Kier alpha value is -3.92. The summed E-state index contributed by atoms with van der Waals surface area (Å²) < 4.78 is 62.2. The Morgan fingerprint density at radius 2 is 1.74 bits per heavy atom. The van der Waals surface area contributed by atoms with E-state index in [1.54, 1.807) is 36.4 Å². The molecule has 0 aliphatic rings. The fourth-order valence-electron chi connectivity index (χ4n) is 3.06. The molecular weight excluding hydrogens is 466 g/mol. The Morgan fingerprint density at radius 3 is 2.41 bits per heavy atom. The van der Waals surface area contributed by atoms with Crippen LogP contribution < -0.4 is 19.1 Å². The number of hydrogen-bond donors (Lipinski definition) is 1. The van der Waals surface area contributed by atoms with Crippen molar-refractivity contribution in [2.75, 3.05) is 23.8 Å². The van der Waals surface area contributed by atoms with Gasteiger partial charge in [-0.1, -0.05) is 36.4 Å². The number of amides is 1. The monoisotopic (exact) mass is 488 g/mol. The quantitative estimate of drug-likeness (QED) is 0.439. The van der Waals surface area contributed by atoms with Gasteiger partial charge < -0.3 is 14.8 Å². The van der Waals surface area contributed by atoms with Crippen molar-refractivity contribution in [3.63, 3.8) is 0 Å². The van der Waals surface area contributed by atoms with Crippen molar-refractivity contribution in [3.05, 3.63) is 84.4 Å². The number of nitrogens with zero attached hydrogens (tertiary/aromatic N) is 1. The highest BCUT2D eigenvalue weighted by Crippen LogP contribution is 2.33. The largest absolute Gasteiger partial charge is 0.493 e. The van der Waals surface area contributed by atoms with Crippen molar-refractivity contribution in [1.82, 2.24) is 0 Å². The Bertz CT molecular complexity index is 1280. The lowest BCUT2D eigenvalue weighted by atomic mass is 10.1. The second-order valence-electron chi connectivity index (χ2n) is 6.92. The summed E-state index contributed by atoms with van der Waals surface area (Å²) in [6.07, 6.45) is 2.41. The number of halogens is 2. The molecule has 0 radical (unpaired) electrons. The average molecular weight is 489 g/mol. The fourth-order valence-corrected chi connectivity index (χ4v) is 4.30. The minimum atomic E-state index is -3.87. The lowest BCUT2D eigenvalue weighted by Crippen LogP contribution is -2.26. The van der Waals surface area contributed by atoms with Crippen LogP contribution in [0, 0.1) is 0 Å². The number of ether oxygens (including phenoxy) is 2. The zero-order chi connectivity index (χ0) is 24.7. The molecule has 3 rings (SSSR count). The zero-order valence-electron chi connectivity index (χ0n) is 18.3. The summed E-state index contributed by atoms with van der Waals surface area (Å²) in [5.41, 5.74) is 0.933. The molecule has 0 atom stereocenters. The molecule has 7 nitrogen and oxygen atoms in total. The number of rotatable bonds is 9. The van der Waals surface area contributed by atoms with Crippen LogP contribution in [0.4, 0.5) is 20.2 Å². The van der Waals surface area contributed by atoms with Gasteiger partial charge in [-0.3, -0.25) is 9.10 Å². The van der Waals surface area contributed by atoms with Crippen LogP contribution in [0.15, 0.2) is 83.8 Å². The molecule has 34 heavy (non-hydrogen) atoms. The first-order chi connectivity index (χ1) is 16.2. The normalized spacial score (nSPS) is 11.4. The summed E-state index contributed by atoms with van der Waals surface area (Å²) >= 11 is 0. The second kappa shape index (κ2) is 10.8. The molecule has 3 aromatic rings. The number of alkyl halides is 2. The lowest BCUT2D eigenvalue weighted by molar-refractivity contribution is -0.111. The standard InChI is InChI=1S/C24H22F2N2O5S/c1-28(19-10-4-3-5-11-19)34(30,31)20-12-7-9-18(16-20)27-22(29)15-14-17-8-6-13-21(32-2)23(17)33-24(25)26/h3-16,24H,1-2H3,(H,27,29)/b15-14+. The maximum absolute atomic E-state index is 13.0. The highest BCUT2D eigenvalue weighted by Gasteiger charge is 2.21. The van der Waals surface area contributed by atoms with E-state index in [0.29, 0.717) is 5.69 Å². The highest BCUT2D eigenvalue weighted by atomic mass is 32.2. The van der Waals surface area contributed by atoms with Crippen molar-refractivity contribution >= 4 is 33.4 Å². The highest BCUT2D eigenvalue weighted by molar-refractivity contribution is 7.92. The summed E-state index contributed by atoms with van der Waals surface area (Å²) in [6.45, 7) is -3.07. The van der Waals surface area contributed by atoms with Gasteiger partial charge in [-0.05, 0) is 42.5 Å². The number of anilines is 2. The maximum Gasteiger partial charge on any atom is 0.387 e. The number of nitrogens with one attached hydrogen (secondary N) is 1. The summed E-state index contributed by atoms with van der Waals surface area (Å²) in [4.78, 5) is 12.4. The van der Waals surface area contributed by atoms with Gasteiger partial charge in [0.15, 0.2) is 11.5 Å². The summed E-state index contributed by atoms with van der Waals surface area (Å²) in [5.74, 6) is -0.721. The minimum Gasteiger partial charge on any atom is -0.493 e. The van der Waals surface area contributed by atoms with E-state index in [4.69, 9.17) is 4.74 Å². The molecule has 0 aliphatic heterocycles. The van der Waals surface area contributed by atoms with Gasteiger partial charge in [0.05, 0.1) is 17.7 Å². The third-order valence-corrected chi connectivity index (χ3v) is 6.51. The fraction of sp³-hybridized carbons (Fsp3) is 0.125. The van der Waals surface area contributed by atoms with Crippen LogP contribution in [0.2, 0.25) is 0 Å². The summed E-state index contributed by atoms with van der Waals surface area (Å²) in [6, 6.07) is 18.8. The summed E-state index contributed by atoms with van der Waals surface area (Å²) in [5, 5.41) is 2.56. The van der Waals surface area contributed by atoms with E-state index >= 15 is 0 Å². The van der Waals surface area contributed by atoms with Crippen LogP contribution in [0.25, 0.3) is 6.08 Å². The number of carbonyl (C=O) groups excluding carboxylic acids is 1. The molecule has 0 saturated carbocycles. The van der Waals surface area contributed by atoms with Gasteiger partial charge in [0.2, 0.25) is 5.91 Å². The summed E-state index contributed by atoms with van der Waals surface area (Å²) in [7, 11) is -1.12. The van der Waals surface area contributed by atoms with Crippen molar-refractivity contribution in [2.24, 2.45) is 0 Å². The number of carbonyl (C=O) groups is 1. The number of sulfonamides is 1. The van der Waals surface area contributed by atoms with Crippen molar-refractivity contribution < 1.29 is 31.5 Å². The minimum absolute atomic E-state index is 0.0129.